The van der Waals surface area contributed by atoms with Crippen molar-refractivity contribution in [1.82, 2.24) is 5.32 Å². The number of hydrogen-bond acceptors (Lipinski definition) is 2. The van der Waals surface area contributed by atoms with Crippen LogP contribution in [0.2, 0.25) is 0 Å². The first-order chi connectivity index (χ1) is 9.00. The van der Waals surface area contributed by atoms with Gasteiger partial charge in [0.2, 0.25) is 0 Å². The Balaban J connectivity index is 2.14. The zero-order valence-electron chi connectivity index (χ0n) is 12.7. The van der Waals surface area contributed by atoms with E-state index < -0.39 is 0 Å². The Morgan fingerprint density at radius 3 is 2.63 bits per heavy atom. The van der Waals surface area contributed by atoms with E-state index in [9.17, 15) is 0 Å². The van der Waals surface area contributed by atoms with Crippen LogP contribution >= 0.6 is 0 Å². The van der Waals surface area contributed by atoms with E-state index in [1.54, 1.807) is 0 Å². The minimum Gasteiger partial charge on any atom is -0.490 e. The zero-order valence-corrected chi connectivity index (χ0v) is 12.7. The van der Waals surface area contributed by atoms with Gasteiger partial charge in [0, 0.05) is 6.04 Å². The number of rotatable bonds is 6. The van der Waals surface area contributed by atoms with Crippen molar-refractivity contribution in [2.24, 2.45) is 5.41 Å². The molecule has 0 amide bonds. The van der Waals surface area contributed by atoms with Crippen LogP contribution in [0.1, 0.15) is 58.6 Å². The molecule has 106 valence electrons. The lowest BCUT2D eigenvalue weighted by molar-refractivity contribution is 0.270. The lowest BCUT2D eigenvalue weighted by atomic mass is 9.82. The Kier molecular flexibility index (Phi) is 4.51. The molecule has 2 heteroatoms. The van der Waals surface area contributed by atoms with Crippen molar-refractivity contribution in [2.45, 2.75) is 59.1 Å². The van der Waals surface area contributed by atoms with Crippen LogP contribution < -0.4 is 10.1 Å². The summed E-state index contributed by atoms with van der Waals surface area (Å²) >= 11 is 0. The Labute approximate surface area is 117 Å². The second-order valence-electron chi connectivity index (χ2n) is 6.64. The topological polar surface area (TPSA) is 21.3 Å². The van der Waals surface area contributed by atoms with Crippen molar-refractivity contribution in [2.75, 3.05) is 6.54 Å². The maximum absolute atomic E-state index is 5.91. The number of benzene rings is 1. The first-order valence-corrected chi connectivity index (χ1v) is 7.50. The van der Waals surface area contributed by atoms with Gasteiger partial charge in [-0.15, -0.1) is 0 Å². The summed E-state index contributed by atoms with van der Waals surface area (Å²) in [7, 11) is 0. The standard InChI is InChI=1S/C17H27NO/c1-5-11-18-16(17(2,3)4)13-7-6-8-15(12-13)19-14-9-10-14/h6-8,12,14,16,18H,5,9-11H2,1-4H3. The molecule has 1 N–H and O–H groups in total. The maximum Gasteiger partial charge on any atom is 0.120 e. The van der Waals surface area contributed by atoms with Crippen molar-refractivity contribution in [3.63, 3.8) is 0 Å². The van der Waals surface area contributed by atoms with Gasteiger partial charge >= 0.3 is 0 Å². The fourth-order valence-electron chi connectivity index (χ4n) is 2.36. The summed E-state index contributed by atoms with van der Waals surface area (Å²) < 4.78 is 5.91. The van der Waals surface area contributed by atoms with Crippen LogP contribution in [0.25, 0.3) is 0 Å². The molecular formula is C17H27NO. The highest BCUT2D eigenvalue weighted by atomic mass is 16.5. The predicted octanol–water partition coefficient (Wildman–Crippen LogP) is 4.31. The van der Waals surface area contributed by atoms with Gasteiger partial charge in [0.05, 0.1) is 6.10 Å². The molecule has 1 atom stereocenters. The van der Waals surface area contributed by atoms with Crippen LogP contribution in [-0.4, -0.2) is 12.6 Å². The van der Waals surface area contributed by atoms with Crippen LogP contribution in [0.5, 0.6) is 5.75 Å². The summed E-state index contributed by atoms with van der Waals surface area (Å²) in [5.41, 5.74) is 1.53. The average molecular weight is 261 g/mol. The van der Waals surface area contributed by atoms with E-state index >= 15 is 0 Å². The zero-order chi connectivity index (χ0) is 13.9. The van der Waals surface area contributed by atoms with Crippen molar-refractivity contribution >= 4 is 0 Å². The van der Waals surface area contributed by atoms with Gasteiger partial charge in [0.15, 0.2) is 0 Å². The number of hydrogen-bond donors (Lipinski definition) is 1. The highest BCUT2D eigenvalue weighted by Gasteiger charge is 2.27. The van der Waals surface area contributed by atoms with Crippen molar-refractivity contribution in [3.8, 4) is 5.75 Å². The molecule has 0 aromatic heterocycles. The molecule has 1 fully saturated rings. The smallest absolute Gasteiger partial charge is 0.120 e. The third-order valence-corrected chi connectivity index (χ3v) is 3.48. The van der Waals surface area contributed by atoms with Crippen LogP contribution in [-0.2, 0) is 0 Å². The van der Waals surface area contributed by atoms with Crippen LogP contribution in [0.4, 0.5) is 0 Å². The van der Waals surface area contributed by atoms with Crippen LogP contribution in [0, 0.1) is 5.41 Å². The fraction of sp³-hybridized carbons (Fsp3) is 0.647. The molecule has 0 bridgehead atoms. The van der Waals surface area contributed by atoms with E-state index in [2.05, 4.69) is 57.3 Å². The van der Waals surface area contributed by atoms with E-state index in [-0.39, 0.29) is 5.41 Å². The Hall–Kier alpha value is -1.02. The van der Waals surface area contributed by atoms with E-state index in [1.807, 2.05) is 0 Å². The van der Waals surface area contributed by atoms with Gasteiger partial charge in [0.25, 0.3) is 0 Å². The minimum absolute atomic E-state index is 0.202. The molecule has 1 aliphatic rings. The van der Waals surface area contributed by atoms with Gasteiger partial charge in [-0.25, -0.2) is 0 Å². The van der Waals surface area contributed by atoms with Gasteiger partial charge < -0.3 is 10.1 Å². The summed E-state index contributed by atoms with van der Waals surface area (Å²) in [6, 6.07) is 8.96. The second-order valence-corrected chi connectivity index (χ2v) is 6.64. The molecule has 1 saturated carbocycles. The van der Waals surface area contributed by atoms with Crippen molar-refractivity contribution in [3.05, 3.63) is 29.8 Å². The van der Waals surface area contributed by atoms with Gasteiger partial charge in [-0.1, -0.05) is 39.8 Å². The third kappa shape index (κ3) is 4.24. The molecule has 19 heavy (non-hydrogen) atoms. The number of nitrogens with one attached hydrogen (secondary N) is 1. The molecule has 2 nitrogen and oxygen atoms in total. The molecule has 2 rings (SSSR count). The Morgan fingerprint density at radius 1 is 1.32 bits per heavy atom. The van der Waals surface area contributed by atoms with Gasteiger partial charge in [-0.2, -0.15) is 0 Å². The Morgan fingerprint density at radius 2 is 2.05 bits per heavy atom. The van der Waals surface area contributed by atoms with Crippen LogP contribution in [0.3, 0.4) is 0 Å². The summed E-state index contributed by atoms with van der Waals surface area (Å²) in [5.74, 6) is 1.02. The molecule has 1 aromatic carbocycles. The van der Waals surface area contributed by atoms with E-state index in [0.717, 1.165) is 18.7 Å². The molecule has 0 radical (unpaired) electrons. The first kappa shape index (κ1) is 14.4. The lowest BCUT2D eigenvalue weighted by Gasteiger charge is -2.32. The largest absolute Gasteiger partial charge is 0.490 e. The summed E-state index contributed by atoms with van der Waals surface area (Å²) in [6.45, 7) is 10.1. The lowest BCUT2D eigenvalue weighted by Crippen LogP contribution is -2.32. The molecule has 0 spiro atoms. The molecule has 0 heterocycles. The highest BCUT2D eigenvalue weighted by Crippen LogP contribution is 2.35. The summed E-state index contributed by atoms with van der Waals surface area (Å²) in [4.78, 5) is 0. The molecule has 0 aliphatic heterocycles. The fourth-order valence-corrected chi connectivity index (χ4v) is 2.36. The predicted molar refractivity (Wildman–Crippen MR) is 80.6 cm³/mol. The molecule has 1 unspecified atom stereocenters. The van der Waals surface area contributed by atoms with Crippen LogP contribution in [0.15, 0.2) is 24.3 Å². The minimum atomic E-state index is 0.202. The highest BCUT2D eigenvalue weighted by molar-refractivity contribution is 5.32. The summed E-state index contributed by atoms with van der Waals surface area (Å²) in [6.07, 6.45) is 4.04. The SMILES string of the molecule is CCCNC(c1cccc(OC2CC2)c1)C(C)(C)C. The van der Waals surface area contributed by atoms with E-state index in [1.165, 1.54) is 18.4 Å². The molecule has 1 aromatic rings. The quantitative estimate of drug-likeness (QED) is 0.823. The van der Waals surface area contributed by atoms with Crippen molar-refractivity contribution < 1.29 is 4.74 Å². The summed E-state index contributed by atoms with van der Waals surface area (Å²) in [5, 5.41) is 3.67. The normalized spacial score (nSPS) is 17.3. The van der Waals surface area contributed by atoms with Crippen molar-refractivity contribution in [1.29, 1.82) is 0 Å². The van der Waals surface area contributed by atoms with E-state index in [4.69, 9.17) is 4.74 Å². The molecule has 1 aliphatic carbocycles. The molecular weight excluding hydrogens is 234 g/mol. The van der Waals surface area contributed by atoms with Gasteiger partial charge in [-0.05, 0) is 48.9 Å². The number of ether oxygens (including phenoxy) is 1. The maximum atomic E-state index is 5.91. The average Bonchev–Trinajstić information content (AvgIpc) is 3.12. The van der Waals surface area contributed by atoms with Gasteiger partial charge in [-0.3, -0.25) is 0 Å². The second kappa shape index (κ2) is 5.96. The monoisotopic (exact) mass is 261 g/mol. The molecule has 0 saturated heterocycles. The third-order valence-electron chi connectivity index (χ3n) is 3.48. The van der Waals surface area contributed by atoms with Gasteiger partial charge in [0.1, 0.15) is 5.75 Å². The van der Waals surface area contributed by atoms with E-state index in [0.29, 0.717) is 12.1 Å². The first-order valence-electron chi connectivity index (χ1n) is 7.50. The Bertz CT molecular complexity index is 404.